The number of aryl methyl sites for hydroxylation is 2. The molecule has 0 unspecified atom stereocenters. The summed E-state index contributed by atoms with van der Waals surface area (Å²) in [7, 11) is 0. The summed E-state index contributed by atoms with van der Waals surface area (Å²) in [5, 5.41) is 3.93. The van der Waals surface area contributed by atoms with Crippen LogP contribution in [-0.2, 0) is 11.2 Å². The fourth-order valence-corrected chi connectivity index (χ4v) is 3.83. The van der Waals surface area contributed by atoms with Gasteiger partial charge >= 0.3 is 0 Å². The van der Waals surface area contributed by atoms with Gasteiger partial charge in [0.05, 0.1) is 12.1 Å². The maximum atomic E-state index is 12.6. The molecule has 0 aliphatic carbocycles. The summed E-state index contributed by atoms with van der Waals surface area (Å²) in [5.74, 6) is 2.82. The molecule has 0 radical (unpaired) electrons. The van der Waals surface area contributed by atoms with Crippen LogP contribution in [0.15, 0.2) is 16.9 Å². The van der Waals surface area contributed by atoms with Crippen molar-refractivity contribution >= 4 is 17.5 Å². The van der Waals surface area contributed by atoms with Gasteiger partial charge in [0.25, 0.3) is 0 Å². The van der Waals surface area contributed by atoms with Gasteiger partial charge in [0.1, 0.15) is 23.7 Å². The highest BCUT2D eigenvalue weighted by Crippen LogP contribution is 2.22. The number of amides is 1. The Morgan fingerprint density at radius 1 is 1.00 bits per heavy atom. The third kappa shape index (κ3) is 3.74. The van der Waals surface area contributed by atoms with Crippen molar-refractivity contribution in [2.75, 3.05) is 49.1 Å². The summed E-state index contributed by atoms with van der Waals surface area (Å²) in [4.78, 5) is 28.0. The summed E-state index contributed by atoms with van der Waals surface area (Å²) < 4.78 is 5.16. The van der Waals surface area contributed by atoms with Gasteiger partial charge in [-0.1, -0.05) is 5.16 Å². The number of hydrogen-bond acceptors (Lipinski definition) is 7. The molecule has 0 bridgehead atoms. The second-order valence-corrected chi connectivity index (χ2v) is 7.28. The van der Waals surface area contributed by atoms with Crippen molar-refractivity contribution < 1.29 is 9.32 Å². The number of rotatable bonds is 4. The van der Waals surface area contributed by atoms with E-state index in [9.17, 15) is 4.79 Å². The molecule has 2 aliphatic rings. The largest absolute Gasteiger partial charge is 0.361 e. The third-order valence-corrected chi connectivity index (χ3v) is 5.53. The number of carbonyl (C=O) groups excluding carboxylic acids is 1. The first-order chi connectivity index (χ1) is 13.1. The number of carbonyl (C=O) groups is 1. The second-order valence-electron chi connectivity index (χ2n) is 7.28. The van der Waals surface area contributed by atoms with Gasteiger partial charge in [-0.15, -0.1) is 0 Å². The maximum absolute atomic E-state index is 12.6. The summed E-state index contributed by atoms with van der Waals surface area (Å²) in [5.41, 5.74) is 1.71. The first kappa shape index (κ1) is 17.8. The molecule has 2 saturated heterocycles. The molecule has 4 rings (SSSR count). The second kappa shape index (κ2) is 7.54. The molecular weight excluding hydrogens is 344 g/mol. The van der Waals surface area contributed by atoms with E-state index in [1.807, 2.05) is 18.7 Å². The molecule has 0 saturated carbocycles. The minimum Gasteiger partial charge on any atom is -0.361 e. The van der Waals surface area contributed by atoms with Crippen molar-refractivity contribution in [1.82, 2.24) is 20.0 Å². The third-order valence-electron chi connectivity index (χ3n) is 5.53. The van der Waals surface area contributed by atoms with Gasteiger partial charge in [0.15, 0.2) is 0 Å². The van der Waals surface area contributed by atoms with E-state index in [4.69, 9.17) is 4.52 Å². The SMILES string of the molecule is Cc1noc(C)c1CC(=O)N1CCN(c2cc(N3CCCC3)ncn2)CC1. The molecule has 8 nitrogen and oxygen atoms in total. The van der Waals surface area contributed by atoms with Gasteiger partial charge in [0, 0.05) is 50.9 Å². The van der Waals surface area contributed by atoms with Gasteiger partial charge in [-0.3, -0.25) is 4.79 Å². The molecule has 2 fully saturated rings. The molecule has 2 aliphatic heterocycles. The number of nitrogens with zero attached hydrogens (tertiary/aromatic N) is 6. The quantitative estimate of drug-likeness (QED) is 0.808. The Kier molecular flexibility index (Phi) is 4.96. The Balaban J connectivity index is 1.36. The molecule has 144 valence electrons. The van der Waals surface area contributed by atoms with E-state index in [1.165, 1.54) is 12.8 Å². The van der Waals surface area contributed by atoms with Crippen LogP contribution in [0.3, 0.4) is 0 Å². The van der Waals surface area contributed by atoms with Crippen LogP contribution in [0.5, 0.6) is 0 Å². The van der Waals surface area contributed by atoms with Crippen molar-refractivity contribution in [2.24, 2.45) is 0 Å². The molecule has 4 heterocycles. The molecular formula is C19H26N6O2. The van der Waals surface area contributed by atoms with E-state index in [1.54, 1.807) is 6.33 Å². The van der Waals surface area contributed by atoms with Crippen molar-refractivity contribution in [3.8, 4) is 0 Å². The molecule has 0 aromatic carbocycles. The Hall–Kier alpha value is -2.64. The fraction of sp³-hybridized carbons (Fsp3) is 0.579. The van der Waals surface area contributed by atoms with Crippen LogP contribution in [0.4, 0.5) is 11.6 Å². The van der Waals surface area contributed by atoms with Gasteiger partial charge in [-0.2, -0.15) is 0 Å². The van der Waals surface area contributed by atoms with E-state index in [0.717, 1.165) is 54.8 Å². The summed E-state index contributed by atoms with van der Waals surface area (Å²) in [6.45, 7) is 8.84. The average Bonchev–Trinajstić information content (AvgIpc) is 3.34. The average molecular weight is 370 g/mol. The molecule has 8 heteroatoms. The summed E-state index contributed by atoms with van der Waals surface area (Å²) >= 11 is 0. The van der Waals surface area contributed by atoms with Crippen LogP contribution in [0.1, 0.15) is 29.9 Å². The molecule has 2 aromatic rings. The lowest BCUT2D eigenvalue weighted by Gasteiger charge is -2.35. The first-order valence-corrected chi connectivity index (χ1v) is 9.63. The Bertz CT molecular complexity index is 787. The molecule has 0 N–H and O–H groups in total. The van der Waals surface area contributed by atoms with E-state index in [2.05, 4.69) is 31.0 Å². The molecule has 1 amide bonds. The fourth-order valence-electron chi connectivity index (χ4n) is 3.83. The number of piperazine rings is 1. The standard InChI is InChI=1S/C19H26N6O2/c1-14-16(15(2)27-22-14)11-19(26)25-9-7-24(8-10-25)18-12-17(20-13-21-18)23-5-3-4-6-23/h12-13H,3-11H2,1-2H3. The Labute approximate surface area is 159 Å². The zero-order valence-corrected chi connectivity index (χ0v) is 16.0. The highest BCUT2D eigenvalue weighted by Gasteiger charge is 2.24. The van der Waals surface area contributed by atoms with Crippen molar-refractivity contribution in [3.05, 3.63) is 29.4 Å². The first-order valence-electron chi connectivity index (χ1n) is 9.63. The zero-order valence-electron chi connectivity index (χ0n) is 16.0. The van der Waals surface area contributed by atoms with Crippen molar-refractivity contribution in [3.63, 3.8) is 0 Å². The molecule has 27 heavy (non-hydrogen) atoms. The number of aromatic nitrogens is 3. The number of anilines is 2. The predicted octanol–water partition coefficient (Wildman–Crippen LogP) is 1.57. The van der Waals surface area contributed by atoms with Crippen molar-refractivity contribution in [1.29, 1.82) is 0 Å². The van der Waals surface area contributed by atoms with Crippen LogP contribution in [-0.4, -0.2) is 65.2 Å². The van der Waals surface area contributed by atoms with E-state index in [-0.39, 0.29) is 5.91 Å². The minimum absolute atomic E-state index is 0.129. The van der Waals surface area contributed by atoms with Crippen LogP contribution in [0, 0.1) is 13.8 Å². The van der Waals surface area contributed by atoms with E-state index < -0.39 is 0 Å². The van der Waals surface area contributed by atoms with Gasteiger partial charge < -0.3 is 19.2 Å². The zero-order chi connectivity index (χ0) is 18.8. The lowest BCUT2D eigenvalue weighted by Crippen LogP contribution is -2.49. The Morgan fingerprint density at radius 3 is 2.22 bits per heavy atom. The van der Waals surface area contributed by atoms with Gasteiger partial charge in [-0.25, -0.2) is 9.97 Å². The van der Waals surface area contributed by atoms with Crippen LogP contribution in [0.2, 0.25) is 0 Å². The summed E-state index contributed by atoms with van der Waals surface area (Å²) in [6.07, 6.45) is 4.46. The monoisotopic (exact) mass is 370 g/mol. The lowest BCUT2D eigenvalue weighted by molar-refractivity contribution is -0.130. The number of hydrogen-bond donors (Lipinski definition) is 0. The van der Waals surface area contributed by atoms with Gasteiger partial charge in [-0.05, 0) is 26.7 Å². The van der Waals surface area contributed by atoms with Crippen molar-refractivity contribution in [2.45, 2.75) is 33.1 Å². The molecule has 0 spiro atoms. The highest BCUT2D eigenvalue weighted by atomic mass is 16.5. The topological polar surface area (TPSA) is 78.6 Å². The minimum atomic E-state index is 0.129. The van der Waals surface area contributed by atoms with Gasteiger partial charge in [0.2, 0.25) is 5.91 Å². The van der Waals surface area contributed by atoms with Crippen LogP contribution in [0.25, 0.3) is 0 Å². The summed E-state index contributed by atoms with van der Waals surface area (Å²) in [6, 6.07) is 2.08. The predicted molar refractivity (Wildman–Crippen MR) is 102 cm³/mol. The maximum Gasteiger partial charge on any atom is 0.227 e. The molecule has 0 atom stereocenters. The van der Waals surface area contributed by atoms with E-state index in [0.29, 0.717) is 19.5 Å². The molecule has 2 aromatic heterocycles. The van der Waals surface area contributed by atoms with Crippen LogP contribution < -0.4 is 9.80 Å². The van der Waals surface area contributed by atoms with Crippen LogP contribution >= 0.6 is 0 Å². The lowest BCUT2D eigenvalue weighted by atomic mass is 10.1. The van der Waals surface area contributed by atoms with E-state index >= 15 is 0 Å². The normalized spacial score (nSPS) is 17.6. The smallest absolute Gasteiger partial charge is 0.227 e. The Morgan fingerprint density at radius 2 is 1.63 bits per heavy atom. The highest BCUT2D eigenvalue weighted by molar-refractivity contribution is 5.79.